The number of aromatic carboxylic acids is 1. The number of benzene rings is 3. The summed E-state index contributed by atoms with van der Waals surface area (Å²) in [5.41, 5.74) is 11.7. The Bertz CT molecular complexity index is 1170. The SMILES string of the molecule is Cc1cc(C(N)=O)ccc1N=Nc1c(C(N)=O)c(C(=O)O)cc2ccccc12. The summed E-state index contributed by atoms with van der Waals surface area (Å²) in [4.78, 5) is 34.9. The lowest BCUT2D eigenvalue weighted by Gasteiger charge is -2.10. The quantitative estimate of drug-likeness (QED) is 0.585. The summed E-state index contributed by atoms with van der Waals surface area (Å²) in [5, 5.41) is 18.9. The number of fused-ring (bicyclic) bond motifs is 1. The number of nitrogens with two attached hydrogens (primary N) is 2. The van der Waals surface area contributed by atoms with Crippen molar-refractivity contribution in [1.82, 2.24) is 0 Å². The Balaban J connectivity index is 2.23. The molecule has 0 fully saturated rings. The van der Waals surface area contributed by atoms with E-state index in [9.17, 15) is 19.5 Å². The maximum Gasteiger partial charge on any atom is 0.336 e. The molecule has 8 heteroatoms. The number of aryl methyl sites for hydroxylation is 1. The molecule has 0 spiro atoms. The summed E-state index contributed by atoms with van der Waals surface area (Å²) in [6.45, 7) is 1.72. The molecule has 140 valence electrons. The maximum atomic E-state index is 12.0. The first kappa shape index (κ1) is 18.7. The Morgan fingerprint density at radius 2 is 1.64 bits per heavy atom. The van der Waals surface area contributed by atoms with Gasteiger partial charge in [-0.3, -0.25) is 9.59 Å². The molecule has 5 N–H and O–H groups in total. The third kappa shape index (κ3) is 3.43. The van der Waals surface area contributed by atoms with Crippen LogP contribution in [0.5, 0.6) is 0 Å². The number of nitrogens with zero attached hydrogens (tertiary/aromatic N) is 2. The van der Waals surface area contributed by atoms with Crippen molar-refractivity contribution in [2.45, 2.75) is 6.92 Å². The van der Waals surface area contributed by atoms with Gasteiger partial charge in [-0.15, -0.1) is 5.11 Å². The van der Waals surface area contributed by atoms with E-state index in [0.717, 1.165) is 0 Å². The van der Waals surface area contributed by atoms with Crippen LogP contribution in [0.2, 0.25) is 0 Å². The third-order valence-electron chi connectivity index (χ3n) is 4.24. The molecule has 28 heavy (non-hydrogen) atoms. The predicted molar refractivity (Wildman–Crippen MR) is 103 cm³/mol. The molecule has 0 atom stereocenters. The molecule has 0 aliphatic carbocycles. The Morgan fingerprint density at radius 1 is 0.929 bits per heavy atom. The number of hydrogen-bond donors (Lipinski definition) is 3. The summed E-state index contributed by atoms with van der Waals surface area (Å²) < 4.78 is 0. The molecular weight excluding hydrogens is 360 g/mol. The zero-order valence-corrected chi connectivity index (χ0v) is 14.8. The van der Waals surface area contributed by atoms with E-state index in [0.29, 0.717) is 27.6 Å². The van der Waals surface area contributed by atoms with Gasteiger partial charge < -0.3 is 16.6 Å². The lowest BCUT2D eigenvalue weighted by molar-refractivity contribution is 0.0692. The molecule has 0 unspecified atom stereocenters. The fourth-order valence-corrected chi connectivity index (χ4v) is 2.88. The Labute approximate surface area is 159 Å². The van der Waals surface area contributed by atoms with Crippen LogP contribution in [0.3, 0.4) is 0 Å². The largest absolute Gasteiger partial charge is 0.478 e. The smallest absolute Gasteiger partial charge is 0.336 e. The van der Waals surface area contributed by atoms with E-state index in [-0.39, 0.29) is 16.8 Å². The van der Waals surface area contributed by atoms with Crippen LogP contribution in [0, 0.1) is 6.92 Å². The van der Waals surface area contributed by atoms with Crippen molar-refractivity contribution in [3.8, 4) is 0 Å². The number of carbonyl (C=O) groups excluding carboxylic acids is 2. The van der Waals surface area contributed by atoms with Crippen molar-refractivity contribution >= 4 is 39.9 Å². The van der Waals surface area contributed by atoms with Crippen molar-refractivity contribution in [3.05, 3.63) is 70.8 Å². The molecule has 0 bridgehead atoms. The average Bonchev–Trinajstić information content (AvgIpc) is 2.65. The minimum absolute atomic E-state index is 0.0707. The monoisotopic (exact) mass is 376 g/mol. The Hall–Kier alpha value is -4.07. The minimum Gasteiger partial charge on any atom is -0.478 e. The predicted octanol–water partition coefficient (Wildman–Crippen LogP) is 3.46. The van der Waals surface area contributed by atoms with Gasteiger partial charge in [0.25, 0.3) is 5.91 Å². The molecule has 0 saturated heterocycles. The molecule has 3 aromatic carbocycles. The first-order valence-corrected chi connectivity index (χ1v) is 8.20. The van der Waals surface area contributed by atoms with E-state index in [4.69, 9.17) is 11.5 Å². The summed E-state index contributed by atoms with van der Waals surface area (Å²) in [5.74, 6) is -2.78. The highest BCUT2D eigenvalue weighted by Gasteiger charge is 2.22. The number of carboxylic acid groups (broad SMARTS) is 1. The van der Waals surface area contributed by atoms with Gasteiger partial charge in [0.15, 0.2) is 0 Å². The van der Waals surface area contributed by atoms with Crippen LogP contribution < -0.4 is 11.5 Å². The van der Waals surface area contributed by atoms with Gasteiger partial charge in [0.2, 0.25) is 5.91 Å². The second-order valence-corrected chi connectivity index (χ2v) is 6.10. The van der Waals surface area contributed by atoms with Crippen molar-refractivity contribution in [2.24, 2.45) is 21.7 Å². The van der Waals surface area contributed by atoms with Gasteiger partial charge in [-0.25, -0.2) is 4.79 Å². The number of azo groups is 1. The average molecular weight is 376 g/mol. The highest BCUT2D eigenvalue weighted by atomic mass is 16.4. The number of amides is 2. The zero-order chi connectivity index (χ0) is 20.4. The van der Waals surface area contributed by atoms with Crippen LogP contribution in [0.4, 0.5) is 11.4 Å². The van der Waals surface area contributed by atoms with Gasteiger partial charge in [-0.05, 0) is 42.1 Å². The molecule has 3 aromatic rings. The van der Waals surface area contributed by atoms with Crippen LogP contribution in [-0.2, 0) is 0 Å². The van der Waals surface area contributed by atoms with Crippen molar-refractivity contribution in [1.29, 1.82) is 0 Å². The molecule has 0 aliphatic rings. The van der Waals surface area contributed by atoms with Gasteiger partial charge in [-0.1, -0.05) is 24.3 Å². The summed E-state index contributed by atoms with van der Waals surface area (Å²) >= 11 is 0. The number of primary amides is 2. The molecule has 0 aromatic heterocycles. The third-order valence-corrected chi connectivity index (χ3v) is 4.24. The minimum atomic E-state index is -1.29. The van der Waals surface area contributed by atoms with Gasteiger partial charge >= 0.3 is 5.97 Å². The maximum absolute atomic E-state index is 12.0. The van der Waals surface area contributed by atoms with Crippen LogP contribution in [0.1, 0.15) is 36.6 Å². The lowest BCUT2D eigenvalue weighted by atomic mass is 9.98. The van der Waals surface area contributed by atoms with Gasteiger partial charge in [0.1, 0.15) is 5.69 Å². The molecule has 0 saturated carbocycles. The number of carboxylic acids is 1. The van der Waals surface area contributed by atoms with Crippen LogP contribution in [-0.4, -0.2) is 22.9 Å². The Morgan fingerprint density at radius 3 is 2.25 bits per heavy atom. The van der Waals surface area contributed by atoms with Crippen LogP contribution in [0.25, 0.3) is 10.8 Å². The molecule has 8 nitrogen and oxygen atoms in total. The van der Waals surface area contributed by atoms with Gasteiger partial charge in [0, 0.05) is 10.9 Å². The number of carbonyl (C=O) groups is 3. The fraction of sp³-hybridized carbons (Fsp3) is 0.0500. The van der Waals surface area contributed by atoms with E-state index in [2.05, 4.69) is 10.2 Å². The second-order valence-electron chi connectivity index (χ2n) is 6.10. The lowest BCUT2D eigenvalue weighted by Crippen LogP contribution is -2.16. The van der Waals surface area contributed by atoms with E-state index >= 15 is 0 Å². The molecule has 0 radical (unpaired) electrons. The number of hydrogen-bond acceptors (Lipinski definition) is 5. The normalized spacial score (nSPS) is 11.0. The summed E-state index contributed by atoms with van der Waals surface area (Å²) in [7, 11) is 0. The first-order chi connectivity index (χ1) is 13.3. The highest BCUT2D eigenvalue weighted by Crippen LogP contribution is 2.34. The van der Waals surface area contributed by atoms with Crippen molar-refractivity contribution < 1.29 is 19.5 Å². The van der Waals surface area contributed by atoms with Gasteiger partial charge in [-0.2, -0.15) is 5.11 Å². The topological polar surface area (TPSA) is 148 Å². The first-order valence-electron chi connectivity index (χ1n) is 8.20. The van der Waals surface area contributed by atoms with Gasteiger partial charge in [0.05, 0.1) is 16.8 Å². The fourth-order valence-electron chi connectivity index (χ4n) is 2.88. The van der Waals surface area contributed by atoms with E-state index < -0.39 is 17.8 Å². The van der Waals surface area contributed by atoms with E-state index in [1.807, 2.05) is 0 Å². The van der Waals surface area contributed by atoms with Crippen molar-refractivity contribution in [3.63, 3.8) is 0 Å². The molecule has 0 aliphatic heterocycles. The molecule has 2 amide bonds. The van der Waals surface area contributed by atoms with Crippen molar-refractivity contribution in [2.75, 3.05) is 0 Å². The highest BCUT2D eigenvalue weighted by molar-refractivity contribution is 6.14. The van der Waals surface area contributed by atoms with E-state index in [1.165, 1.54) is 12.1 Å². The van der Waals surface area contributed by atoms with Crippen LogP contribution in [0.15, 0.2) is 58.8 Å². The number of rotatable bonds is 5. The molecular formula is C20H16N4O4. The Kier molecular flexibility index (Phi) is 4.86. The summed E-state index contributed by atoms with van der Waals surface area (Å²) in [6.07, 6.45) is 0. The summed E-state index contributed by atoms with van der Waals surface area (Å²) in [6, 6.07) is 12.9. The molecule has 0 heterocycles. The van der Waals surface area contributed by atoms with E-state index in [1.54, 1.807) is 43.3 Å². The second kappa shape index (κ2) is 7.28. The van der Waals surface area contributed by atoms with Crippen LogP contribution >= 0.6 is 0 Å². The zero-order valence-electron chi connectivity index (χ0n) is 14.8. The molecule has 3 rings (SSSR count). The standard InChI is InChI=1S/C20H16N4O4/c1-10-8-12(18(21)25)6-7-15(10)23-24-17-13-5-3-2-4-11(13)9-14(20(27)28)16(17)19(22)26/h2-9H,1H3,(H2,21,25)(H2,22,26)(H,27,28).